The number of sulfonamides is 1. The molecule has 0 unspecified atom stereocenters. The van der Waals surface area contributed by atoms with Crippen LogP contribution >= 0.6 is 0 Å². The Morgan fingerprint density at radius 3 is 2.37 bits per heavy atom. The smallest absolute Gasteiger partial charge is 0.298 e. The molecule has 35 heavy (non-hydrogen) atoms. The summed E-state index contributed by atoms with van der Waals surface area (Å²) in [5.74, 6) is -0.973. The molecule has 2 heterocycles. The van der Waals surface area contributed by atoms with E-state index in [2.05, 4.69) is 11.9 Å². The summed E-state index contributed by atoms with van der Waals surface area (Å²) in [6, 6.07) is 16.5. The summed E-state index contributed by atoms with van der Waals surface area (Å²) in [5.41, 5.74) is -0.629. The van der Waals surface area contributed by atoms with Crippen LogP contribution in [0.3, 0.4) is 0 Å². The van der Waals surface area contributed by atoms with Crippen molar-refractivity contribution in [3.05, 3.63) is 116 Å². The number of nitro benzene ring substituents is 1. The summed E-state index contributed by atoms with van der Waals surface area (Å²) in [7, 11) is -4.32. The van der Waals surface area contributed by atoms with Gasteiger partial charge in [-0.25, -0.2) is 12.7 Å². The summed E-state index contributed by atoms with van der Waals surface area (Å²) < 4.78 is 28.9. The molecule has 2 aliphatic heterocycles. The number of fused-ring (bicyclic) bond motifs is 4. The van der Waals surface area contributed by atoms with Crippen molar-refractivity contribution in [2.45, 2.75) is 29.4 Å². The van der Waals surface area contributed by atoms with Gasteiger partial charge < -0.3 is 5.32 Å². The molecule has 2 aliphatic rings. The highest BCUT2D eigenvalue weighted by molar-refractivity contribution is 7.93. The number of non-ortho nitro benzene ring substituents is 1. The fourth-order valence-electron chi connectivity index (χ4n) is 5.12. The maximum atomic E-state index is 14.0. The molecule has 3 aromatic rings. The standard InChI is InChI=1S/C24H20N4O6S/c1-3-19-18-6-4-5-7-21(18)25-23-24(19,28(31)32)20-14-16(27(29)30)10-13-22(20)26(23)35(33,34)17-11-8-15(2)9-12-17/h3-14,19,23,25H,1H2,2H3/t19-,23-,24-/m1/s1. The minimum Gasteiger partial charge on any atom is -0.358 e. The van der Waals surface area contributed by atoms with Crippen molar-refractivity contribution in [3.8, 4) is 0 Å². The van der Waals surface area contributed by atoms with E-state index >= 15 is 0 Å². The number of nitrogens with one attached hydrogen (secondary N) is 1. The number of benzene rings is 3. The zero-order chi connectivity index (χ0) is 25.1. The third-order valence-corrected chi connectivity index (χ3v) is 8.48. The molecule has 10 nitrogen and oxygen atoms in total. The lowest BCUT2D eigenvalue weighted by Crippen LogP contribution is -2.60. The van der Waals surface area contributed by atoms with Gasteiger partial charge in [0.25, 0.3) is 21.2 Å². The van der Waals surface area contributed by atoms with Crippen LogP contribution in [0, 0.1) is 27.2 Å². The Bertz CT molecular complexity index is 1500. The first-order valence-corrected chi connectivity index (χ1v) is 12.1. The lowest BCUT2D eigenvalue weighted by molar-refractivity contribution is -0.583. The van der Waals surface area contributed by atoms with E-state index in [9.17, 15) is 28.6 Å². The van der Waals surface area contributed by atoms with E-state index in [-0.39, 0.29) is 21.8 Å². The van der Waals surface area contributed by atoms with Gasteiger partial charge in [-0.05, 0) is 36.8 Å². The highest BCUT2D eigenvalue weighted by Gasteiger charge is 2.70. The number of rotatable bonds is 5. The Morgan fingerprint density at radius 1 is 1.06 bits per heavy atom. The highest BCUT2D eigenvalue weighted by atomic mass is 32.2. The predicted octanol–water partition coefficient (Wildman–Crippen LogP) is 4.31. The van der Waals surface area contributed by atoms with Gasteiger partial charge >= 0.3 is 0 Å². The van der Waals surface area contributed by atoms with Crippen molar-refractivity contribution in [3.63, 3.8) is 0 Å². The van der Waals surface area contributed by atoms with Crippen LogP contribution < -0.4 is 9.62 Å². The maximum Gasteiger partial charge on any atom is 0.298 e. The molecular formula is C24H20N4O6S. The second-order valence-corrected chi connectivity index (χ2v) is 10.3. The van der Waals surface area contributed by atoms with Crippen LogP contribution in [0.4, 0.5) is 17.1 Å². The number of hydrogen-bond donors (Lipinski definition) is 1. The fourth-order valence-corrected chi connectivity index (χ4v) is 6.73. The second-order valence-electron chi connectivity index (χ2n) is 8.50. The molecule has 0 aliphatic carbocycles. The number of hydrogen-bond acceptors (Lipinski definition) is 7. The van der Waals surface area contributed by atoms with Gasteiger partial charge in [-0.2, -0.15) is 0 Å². The van der Waals surface area contributed by atoms with Crippen LogP contribution in [0.25, 0.3) is 0 Å². The van der Waals surface area contributed by atoms with Crippen LogP contribution in [0.1, 0.15) is 22.6 Å². The van der Waals surface area contributed by atoms with Crippen molar-refractivity contribution in [2.75, 3.05) is 9.62 Å². The van der Waals surface area contributed by atoms with Crippen LogP contribution in [0.5, 0.6) is 0 Å². The Kier molecular flexibility index (Phi) is 4.92. The van der Waals surface area contributed by atoms with Crippen molar-refractivity contribution >= 4 is 27.1 Å². The average Bonchev–Trinajstić information content (AvgIpc) is 3.13. The van der Waals surface area contributed by atoms with Crippen LogP contribution in [-0.2, 0) is 15.6 Å². The van der Waals surface area contributed by atoms with Gasteiger partial charge in [-0.1, -0.05) is 42.0 Å². The SMILES string of the molecule is C=C[C@@H]1c2ccccc2N[C@@H]2N(S(=O)(=O)c3ccc(C)cc3)c3ccc([N+](=O)[O-])cc3[C@]12[N+](=O)[O-]. The van der Waals surface area contributed by atoms with Gasteiger partial charge in [-0.3, -0.25) is 20.2 Å². The normalized spacial score (nSPS) is 22.4. The zero-order valence-electron chi connectivity index (χ0n) is 18.5. The first-order chi connectivity index (χ1) is 16.6. The van der Waals surface area contributed by atoms with Crippen molar-refractivity contribution < 1.29 is 18.3 Å². The van der Waals surface area contributed by atoms with Crippen molar-refractivity contribution in [2.24, 2.45) is 0 Å². The minimum atomic E-state index is -4.32. The molecule has 5 rings (SSSR count). The monoisotopic (exact) mass is 492 g/mol. The summed E-state index contributed by atoms with van der Waals surface area (Å²) >= 11 is 0. The molecule has 0 saturated heterocycles. The Balaban J connectivity index is 1.87. The average molecular weight is 493 g/mol. The van der Waals surface area contributed by atoms with Crippen LogP contribution in [-0.4, -0.2) is 24.4 Å². The molecule has 0 radical (unpaired) electrons. The molecular weight excluding hydrogens is 472 g/mol. The van der Waals surface area contributed by atoms with Gasteiger partial charge in [0.2, 0.25) is 0 Å². The molecule has 0 saturated carbocycles. The van der Waals surface area contributed by atoms with Crippen LogP contribution in [0.15, 0.2) is 84.3 Å². The first kappa shape index (κ1) is 22.5. The van der Waals surface area contributed by atoms with E-state index in [1.165, 1.54) is 24.3 Å². The summed E-state index contributed by atoms with van der Waals surface area (Å²) in [4.78, 5) is 23.3. The second kappa shape index (κ2) is 7.64. The first-order valence-electron chi connectivity index (χ1n) is 10.7. The van der Waals surface area contributed by atoms with E-state index in [0.717, 1.165) is 22.0 Å². The number of anilines is 2. The van der Waals surface area contributed by atoms with E-state index in [1.807, 2.05) is 6.92 Å². The Morgan fingerprint density at radius 2 is 1.74 bits per heavy atom. The maximum absolute atomic E-state index is 14.0. The third-order valence-electron chi connectivity index (χ3n) is 6.69. The van der Waals surface area contributed by atoms with Gasteiger partial charge in [0, 0.05) is 22.7 Å². The predicted molar refractivity (Wildman–Crippen MR) is 129 cm³/mol. The summed E-state index contributed by atoms with van der Waals surface area (Å²) in [6.07, 6.45) is -0.00111. The van der Waals surface area contributed by atoms with E-state index in [4.69, 9.17) is 0 Å². The Labute approximate surface area is 200 Å². The van der Waals surface area contributed by atoms with Gasteiger partial charge in [0.05, 0.1) is 27.0 Å². The molecule has 11 heteroatoms. The van der Waals surface area contributed by atoms with Gasteiger partial charge in [0.15, 0.2) is 6.17 Å². The molecule has 0 bridgehead atoms. The highest BCUT2D eigenvalue weighted by Crippen LogP contribution is 2.59. The van der Waals surface area contributed by atoms with Crippen molar-refractivity contribution in [1.82, 2.24) is 0 Å². The number of para-hydroxylation sites is 1. The number of nitro groups is 2. The van der Waals surface area contributed by atoms with E-state index < -0.39 is 37.5 Å². The summed E-state index contributed by atoms with van der Waals surface area (Å²) in [6.45, 7) is 5.63. The lowest BCUT2D eigenvalue weighted by atomic mass is 9.71. The fraction of sp³-hybridized carbons (Fsp3) is 0.167. The molecule has 1 N–H and O–H groups in total. The lowest BCUT2D eigenvalue weighted by Gasteiger charge is -2.41. The third kappa shape index (κ3) is 2.98. The number of aryl methyl sites for hydroxylation is 1. The van der Waals surface area contributed by atoms with Gasteiger partial charge in [-0.15, -0.1) is 6.58 Å². The van der Waals surface area contributed by atoms with Crippen molar-refractivity contribution in [1.29, 1.82) is 0 Å². The van der Waals surface area contributed by atoms with Crippen LogP contribution in [0.2, 0.25) is 0 Å². The molecule has 178 valence electrons. The van der Waals surface area contributed by atoms with E-state index in [0.29, 0.717) is 11.3 Å². The molecule has 3 atom stereocenters. The van der Waals surface area contributed by atoms with Gasteiger partial charge in [0.1, 0.15) is 0 Å². The molecule has 0 spiro atoms. The largest absolute Gasteiger partial charge is 0.358 e. The van der Waals surface area contributed by atoms with E-state index in [1.54, 1.807) is 36.4 Å². The summed E-state index contributed by atoms with van der Waals surface area (Å²) in [5, 5.41) is 27.6. The Hall–Kier alpha value is -4.25. The topological polar surface area (TPSA) is 136 Å². The minimum absolute atomic E-state index is 0.00466. The quantitative estimate of drug-likeness (QED) is 0.318. The molecule has 0 fully saturated rings. The molecule has 3 aromatic carbocycles. The zero-order valence-corrected chi connectivity index (χ0v) is 19.3. The number of nitrogens with zero attached hydrogens (tertiary/aromatic N) is 3. The molecule has 0 amide bonds. The molecule has 0 aromatic heterocycles.